The second-order valence-electron chi connectivity index (χ2n) is 3.97. The molecular formula is C10H16F3N5O. The predicted molar refractivity (Wildman–Crippen MR) is 64.3 cm³/mol. The van der Waals surface area contributed by atoms with Gasteiger partial charge in [0, 0.05) is 13.6 Å². The van der Waals surface area contributed by atoms with Gasteiger partial charge in [-0.05, 0) is 13.8 Å². The zero-order valence-electron chi connectivity index (χ0n) is 10.9. The fourth-order valence-electron chi connectivity index (χ4n) is 1.13. The zero-order valence-corrected chi connectivity index (χ0v) is 10.9. The molecule has 1 aromatic heterocycles. The zero-order chi connectivity index (χ0) is 14.5. The summed E-state index contributed by atoms with van der Waals surface area (Å²) in [5.41, 5.74) is 0. The lowest BCUT2D eigenvalue weighted by Gasteiger charge is -2.11. The van der Waals surface area contributed by atoms with Crippen LogP contribution in [-0.4, -0.2) is 40.8 Å². The summed E-state index contributed by atoms with van der Waals surface area (Å²) in [7, 11) is 1.59. The van der Waals surface area contributed by atoms with Crippen LogP contribution >= 0.6 is 0 Å². The molecule has 0 spiro atoms. The highest BCUT2D eigenvalue weighted by atomic mass is 19.4. The smallest absolute Gasteiger partial charge is 0.390 e. The van der Waals surface area contributed by atoms with Crippen LogP contribution in [0.15, 0.2) is 0 Å². The number of alkyl halides is 3. The molecule has 0 unspecified atom stereocenters. The first kappa shape index (κ1) is 15.3. The standard InChI is InChI=1S/C10H16F3N5O/c1-6(2)19-9-17-7(14-3)16-8(18-9)15-5-4-10(11,12)13/h6H,4-5H2,1-3H3,(H2,14,15,16,17,18). The van der Waals surface area contributed by atoms with Gasteiger partial charge >= 0.3 is 12.2 Å². The van der Waals surface area contributed by atoms with Crippen molar-refractivity contribution in [1.29, 1.82) is 0 Å². The van der Waals surface area contributed by atoms with Crippen molar-refractivity contribution < 1.29 is 17.9 Å². The Morgan fingerprint density at radius 3 is 2.32 bits per heavy atom. The maximum Gasteiger partial charge on any atom is 0.390 e. The molecule has 108 valence electrons. The molecule has 0 saturated heterocycles. The number of ether oxygens (including phenoxy) is 1. The first-order valence-electron chi connectivity index (χ1n) is 5.71. The third-order valence-electron chi connectivity index (χ3n) is 1.87. The molecule has 0 fully saturated rings. The third-order valence-corrected chi connectivity index (χ3v) is 1.87. The van der Waals surface area contributed by atoms with E-state index >= 15 is 0 Å². The second kappa shape index (κ2) is 6.39. The number of halogens is 3. The van der Waals surface area contributed by atoms with Gasteiger partial charge in [-0.3, -0.25) is 0 Å². The van der Waals surface area contributed by atoms with Crippen molar-refractivity contribution in [1.82, 2.24) is 15.0 Å². The van der Waals surface area contributed by atoms with Crippen LogP contribution in [0, 0.1) is 0 Å². The van der Waals surface area contributed by atoms with Crippen LogP contribution in [-0.2, 0) is 0 Å². The third kappa shape index (κ3) is 6.07. The van der Waals surface area contributed by atoms with Crippen LogP contribution in [0.2, 0.25) is 0 Å². The Morgan fingerprint density at radius 1 is 1.16 bits per heavy atom. The van der Waals surface area contributed by atoms with Crippen LogP contribution in [0.25, 0.3) is 0 Å². The average molecular weight is 279 g/mol. The Balaban J connectivity index is 2.71. The van der Waals surface area contributed by atoms with E-state index in [-0.39, 0.29) is 30.6 Å². The fraction of sp³-hybridized carbons (Fsp3) is 0.700. The maximum atomic E-state index is 12.0. The molecule has 0 atom stereocenters. The van der Waals surface area contributed by atoms with E-state index in [1.165, 1.54) is 0 Å². The van der Waals surface area contributed by atoms with Crippen molar-refractivity contribution in [3.8, 4) is 6.01 Å². The number of rotatable bonds is 6. The van der Waals surface area contributed by atoms with Gasteiger partial charge in [-0.1, -0.05) is 0 Å². The Hall–Kier alpha value is -1.80. The Kier molecular flexibility index (Phi) is 5.13. The molecule has 0 aromatic carbocycles. The topological polar surface area (TPSA) is 72.0 Å². The molecule has 9 heteroatoms. The first-order chi connectivity index (χ1) is 8.80. The lowest BCUT2D eigenvalue weighted by atomic mass is 10.4. The van der Waals surface area contributed by atoms with E-state index in [1.54, 1.807) is 20.9 Å². The minimum absolute atomic E-state index is 0.0410. The van der Waals surface area contributed by atoms with Gasteiger partial charge in [-0.15, -0.1) is 0 Å². The van der Waals surface area contributed by atoms with Crippen LogP contribution in [0.5, 0.6) is 6.01 Å². The van der Waals surface area contributed by atoms with Gasteiger partial charge in [-0.2, -0.15) is 28.1 Å². The van der Waals surface area contributed by atoms with Gasteiger partial charge in [0.25, 0.3) is 0 Å². The van der Waals surface area contributed by atoms with Gasteiger partial charge < -0.3 is 15.4 Å². The Labute approximate surface area is 108 Å². The quantitative estimate of drug-likeness (QED) is 0.830. The van der Waals surface area contributed by atoms with Crippen molar-refractivity contribution in [3.63, 3.8) is 0 Å². The summed E-state index contributed by atoms with van der Waals surface area (Å²) >= 11 is 0. The molecule has 0 aliphatic rings. The minimum Gasteiger partial charge on any atom is -0.461 e. The van der Waals surface area contributed by atoms with Crippen LogP contribution in [0.4, 0.5) is 25.1 Å². The van der Waals surface area contributed by atoms with Gasteiger partial charge in [0.05, 0.1) is 12.5 Å². The van der Waals surface area contributed by atoms with E-state index in [1.807, 2.05) is 0 Å². The highest BCUT2D eigenvalue weighted by Crippen LogP contribution is 2.19. The van der Waals surface area contributed by atoms with E-state index in [9.17, 15) is 13.2 Å². The summed E-state index contributed by atoms with van der Waals surface area (Å²) in [5, 5.41) is 5.17. The van der Waals surface area contributed by atoms with E-state index in [0.717, 1.165) is 0 Å². The molecule has 0 amide bonds. The lowest BCUT2D eigenvalue weighted by Crippen LogP contribution is -2.17. The summed E-state index contributed by atoms with van der Waals surface area (Å²) in [6, 6.07) is 0.0591. The summed E-state index contributed by atoms with van der Waals surface area (Å²) in [4.78, 5) is 11.7. The van der Waals surface area contributed by atoms with Gasteiger partial charge in [-0.25, -0.2) is 0 Å². The van der Waals surface area contributed by atoms with Gasteiger partial charge in [0.15, 0.2) is 0 Å². The molecule has 0 aliphatic carbocycles. The number of nitrogens with zero attached hydrogens (tertiary/aromatic N) is 3. The van der Waals surface area contributed by atoms with E-state index in [0.29, 0.717) is 0 Å². The fourth-order valence-corrected chi connectivity index (χ4v) is 1.13. The molecule has 19 heavy (non-hydrogen) atoms. The summed E-state index contributed by atoms with van der Waals surface area (Å²) < 4.78 is 41.4. The van der Waals surface area contributed by atoms with Crippen LogP contribution < -0.4 is 15.4 Å². The Morgan fingerprint density at radius 2 is 1.79 bits per heavy atom. The normalized spacial score (nSPS) is 11.5. The van der Waals surface area contributed by atoms with Crippen molar-refractivity contribution in [3.05, 3.63) is 0 Å². The molecule has 2 N–H and O–H groups in total. The minimum atomic E-state index is -4.22. The molecule has 1 aromatic rings. The number of nitrogens with one attached hydrogen (secondary N) is 2. The van der Waals surface area contributed by atoms with E-state index < -0.39 is 12.6 Å². The molecule has 1 heterocycles. The summed E-state index contributed by atoms with van der Waals surface area (Å²) in [6.45, 7) is 3.27. The molecular weight excluding hydrogens is 263 g/mol. The highest BCUT2D eigenvalue weighted by molar-refractivity contribution is 5.35. The molecule has 0 aliphatic heterocycles. The monoisotopic (exact) mass is 279 g/mol. The first-order valence-corrected chi connectivity index (χ1v) is 5.71. The molecule has 6 nitrogen and oxygen atoms in total. The number of anilines is 2. The summed E-state index contributed by atoms with van der Waals surface area (Å²) in [5.74, 6) is 0.263. The Bertz CT molecular complexity index is 411. The average Bonchev–Trinajstić information content (AvgIpc) is 2.26. The van der Waals surface area contributed by atoms with Crippen molar-refractivity contribution in [2.45, 2.75) is 32.5 Å². The highest BCUT2D eigenvalue weighted by Gasteiger charge is 2.26. The number of hydrogen-bond acceptors (Lipinski definition) is 6. The van der Waals surface area contributed by atoms with Gasteiger partial charge in [0.2, 0.25) is 11.9 Å². The molecule has 0 radical (unpaired) electrons. The van der Waals surface area contributed by atoms with Crippen molar-refractivity contribution >= 4 is 11.9 Å². The van der Waals surface area contributed by atoms with E-state index in [2.05, 4.69) is 25.6 Å². The van der Waals surface area contributed by atoms with Crippen LogP contribution in [0.3, 0.4) is 0 Å². The molecule has 0 saturated carbocycles. The number of aromatic nitrogens is 3. The van der Waals surface area contributed by atoms with Crippen LogP contribution in [0.1, 0.15) is 20.3 Å². The van der Waals surface area contributed by atoms with E-state index in [4.69, 9.17) is 4.74 Å². The number of hydrogen-bond donors (Lipinski definition) is 2. The second-order valence-corrected chi connectivity index (χ2v) is 3.97. The van der Waals surface area contributed by atoms with Crippen molar-refractivity contribution in [2.24, 2.45) is 0 Å². The predicted octanol–water partition coefficient (Wildman–Crippen LogP) is 2.06. The lowest BCUT2D eigenvalue weighted by molar-refractivity contribution is -0.131. The maximum absolute atomic E-state index is 12.0. The largest absolute Gasteiger partial charge is 0.461 e. The van der Waals surface area contributed by atoms with Crippen molar-refractivity contribution in [2.75, 3.05) is 24.2 Å². The summed E-state index contributed by atoms with van der Waals surface area (Å²) in [6.07, 6.45) is -5.33. The SMILES string of the molecule is CNc1nc(NCCC(F)(F)F)nc(OC(C)C)n1. The molecule has 1 rings (SSSR count). The molecule has 0 bridgehead atoms. The van der Waals surface area contributed by atoms with Gasteiger partial charge in [0.1, 0.15) is 0 Å².